The third kappa shape index (κ3) is 7.89. The quantitative estimate of drug-likeness (QED) is 0.273. The van der Waals surface area contributed by atoms with Crippen molar-refractivity contribution < 1.29 is 35.0 Å². The van der Waals surface area contributed by atoms with Crippen molar-refractivity contribution in [3.8, 4) is 47.4 Å². The molecule has 0 radical (unpaired) electrons. The predicted octanol–water partition coefficient (Wildman–Crippen LogP) is -2.02. The molecule has 7 heteroatoms. The third-order valence-electron chi connectivity index (χ3n) is 3.40. The fourth-order valence-electron chi connectivity index (χ4n) is 2.04. The monoisotopic (exact) mass is 362 g/mol. The molecule has 1 aliphatic heterocycles. The van der Waals surface area contributed by atoms with Crippen LogP contribution in [0.1, 0.15) is 19.3 Å². The summed E-state index contributed by atoms with van der Waals surface area (Å²) in [6.45, 7) is -0.452. The molecule has 7 nitrogen and oxygen atoms in total. The van der Waals surface area contributed by atoms with Gasteiger partial charge in [0.15, 0.2) is 6.29 Å². The van der Waals surface area contributed by atoms with Crippen molar-refractivity contribution in [3.63, 3.8) is 0 Å². The Bertz CT molecular complexity index is 657. The van der Waals surface area contributed by atoms with Crippen LogP contribution < -0.4 is 0 Å². The molecule has 1 aliphatic rings. The van der Waals surface area contributed by atoms with Crippen LogP contribution in [0.25, 0.3) is 0 Å². The molecule has 1 heterocycles. The normalized spacial score (nSPS) is 26.7. The molecule has 0 amide bonds. The third-order valence-corrected chi connectivity index (χ3v) is 3.40. The molecule has 5 atom stereocenters. The lowest BCUT2D eigenvalue weighted by molar-refractivity contribution is -0.301. The highest BCUT2D eigenvalue weighted by Gasteiger charge is 2.43. The molecule has 1 unspecified atom stereocenters. The summed E-state index contributed by atoms with van der Waals surface area (Å²) < 4.78 is 10.6. The molecule has 0 aromatic rings. The molecule has 0 bridgehead atoms. The van der Waals surface area contributed by atoms with Crippen molar-refractivity contribution in [2.24, 2.45) is 0 Å². The zero-order chi connectivity index (χ0) is 19.2. The number of rotatable bonds is 6. The van der Waals surface area contributed by atoms with E-state index in [2.05, 4.69) is 47.4 Å². The average molecular weight is 362 g/mol. The Hall–Kier alpha value is -2.04. The van der Waals surface area contributed by atoms with Gasteiger partial charge in [0.1, 0.15) is 31.0 Å². The number of aliphatic hydroxyl groups excluding tert-OH is 5. The number of unbranched alkanes of at least 4 members (excludes halogenated alkanes) is 2. The van der Waals surface area contributed by atoms with E-state index in [0.29, 0.717) is 12.8 Å². The van der Waals surface area contributed by atoms with Gasteiger partial charge in [0.25, 0.3) is 0 Å². The van der Waals surface area contributed by atoms with Crippen LogP contribution in [0, 0.1) is 47.4 Å². The van der Waals surface area contributed by atoms with E-state index >= 15 is 0 Å². The van der Waals surface area contributed by atoms with Gasteiger partial charge in [-0.2, -0.15) is 0 Å². The summed E-state index contributed by atoms with van der Waals surface area (Å²) in [5, 5.41) is 46.6. The summed E-state index contributed by atoms with van der Waals surface area (Å²) in [4.78, 5) is 0. The SMILES string of the molecule is OCC#CC#CC#CC#CCCCCOC1O[C@H](CO)[C@@H](O)[C@H](O)[C@@H]1O. The molecule has 26 heavy (non-hydrogen) atoms. The van der Waals surface area contributed by atoms with Crippen LogP contribution in [-0.2, 0) is 9.47 Å². The maximum absolute atomic E-state index is 9.80. The lowest BCUT2D eigenvalue weighted by Gasteiger charge is -2.39. The number of ether oxygens (including phenoxy) is 2. The summed E-state index contributed by atoms with van der Waals surface area (Å²) in [6.07, 6.45) is -4.30. The summed E-state index contributed by atoms with van der Waals surface area (Å²) in [5.41, 5.74) is 0. The van der Waals surface area contributed by atoms with Crippen molar-refractivity contribution in [2.45, 2.75) is 50.0 Å². The molecule has 0 spiro atoms. The Morgan fingerprint density at radius 2 is 1.42 bits per heavy atom. The summed E-state index contributed by atoms with van der Waals surface area (Å²) >= 11 is 0. The molecular weight excluding hydrogens is 340 g/mol. The molecule has 140 valence electrons. The maximum Gasteiger partial charge on any atom is 0.186 e. The van der Waals surface area contributed by atoms with Crippen molar-refractivity contribution in [1.29, 1.82) is 0 Å². The van der Waals surface area contributed by atoms with Crippen molar-refractivity contribution in [1.82, 2.24) is 0 Å². The van der Waals surface area contributed by atoms with Gasteiger partial charge in [-0.1, -0.05) is 11.8 Å². The zero-order valence-corrected chi connectivity index (χ0v) is 14.2. The fraction of sp³-hybridized carbons (Fsp3) is 0.579. The topological polar surface area (TPSA) is 120 Å². The van der Waals surface area contributed by atoms with Gasteiger partial charge in [-0.15, -0.1) is 0 Å². The van der Waals surface area contributed by atoms with Gasteiger partial charge in [0.05, 0.1) is 6.61 Å². The molecule has 0 aromatic carbocycles. The Labute approximate surface area is 152 Å². The highest BCUT2D eigenvalue weighted by Crippen LogP contribution is 2.22. The molecule has 1 fully saturated rings. The summed E-state index contributed by atoms with van der Waals surface area (Å²) in [5.74, 6) is 20.3. The lowest BCUT2D eigenvalue weighted by Crippen LogP contribution is -2.59. The van der Waals surface area contributed by atoms with E-state index in [1.807, 2.05) is 0 Å². The van der Waals surface area contributed by atoms with E-state index in [0.717, 1.165) is 6.42 Å². The van der Waals surface area contributed by atoms with Gasteiger partial charge in [0, 0.05) is 13.0 Å². The highest BCUT2D eigenvalue weighted by molar-refractivity contribution is 5.39. The Balaban J connectivity index is 2.22. The van der Waals surface area contributed by atoms with Crippen LogP contribution >= 0.6 is 0 Å². The van der Waals surface area contributed by atoms with Crippen molar-refractivity contribution in [3.05, 3.63) is 0 Å². The zero-order valence-electron chi connectivity index (χ0n) is 14.2. The molecule has 1 saturated heterocycles. The molecule has 0 saturated carbocycles. The first-order valence-electron chi connectivity index (χ1n) is 8.10. The van der Waals surface area contributed by atoms with Crippen LogP contribution in [0.4, 0.5) is 0 Å². The summed E-state index contributed by atoms with van der Waals surface area (Å²) in [6, 6.07) is 0. The van der Waals surface area contributed by atoms with Crippen LogP contribution in [0.2, 0.25) is 0 Å². The second kappa shape index (κ2) is 13.2. The highest BCUT2D eigenvalue weighted by atomic mass is 16.7. The molecule has 5 N–H and O–H groups in total. The van der Waals surface area contributed by atoms with Crippen molar-refractivity contribution >= 4 is 0 Å². The van der Waals surface area contributed by atoms with E-state index in [1.54, 1.807) is 0 Å². The minimum Gasteiger partial charge on any atom is -0.394 e. The number of aliphatic hydroxyl groups is 5. The standard InChI is InChI=1S/C19H22O7/c20-12-10-8-6-4-2-1-3-5-7-9-11-13-25-19-18(24)17(23)16(22)15(14-21)26-19/h15-24H,7,9,11-14H2/t15-,16-,17+,18+,19?/m1/s1. The van der Waals surface area contributed by atoms with Gasteiger partial charge in [0.2, 0.25) is 0 Å². The molecule has 0 aromatic heterocycles. The maximum atomic E-state index is 9.80. The van der Waals surface area contributed by atoms with E-state index < -0.39 is 37.3 Å². The van der Waals surface area contributed by atoms with Gasteiger partial charge >= 0.3 is 0 Å². The minimum atomic E-state index is -1.44. The fourth-order valence-corrected chi connectivity index (χ4v) is 2.04. The van der Waals surface area contributed by atoms with E-state index in [4.69, 9.17) is 19.7 Å². The predicted molar refractivity (Wildman–Crippen MR) is 91.8 cm³/mol. The minimum absolute atomic E-state index is 0.234. The number of hydrogen-bond acceptors (Lipinski definition) is 7. The average Bonchev–Trinajstić information content (AvgIpc) is 2.65. The molecule has 0 aliphatic carbocycles. The van der Waals surface area contributed by atoms with Crippen LogP contribution in [0.3, 0.4) is 0 Å². The molecule has 1 rings (SSSR count). The second-order valence-corrected chi connectivity index (χ2v) is 5.29. The molecular formula is C19H22O7. The Morgan fingerprint density at radius 1 is 0.769 bits per heavy atom. The van der Waals surface area contributed by atoms with Gasteiger partial charge in [-0.3, -0.25) is 0 Å². The first-order chi connectivity index (χ1) is 12.6. The summed E-state index contributed by atoms with van der Waals surface area (Å²) in [7, 11) is 0. The Morgan fingerprint density at radius 3 is 2.08 bits per heavy atom. The van der Waals surface area contributed by atoms with Gasteiger partial charge in [-0.25, -0.2) is 0 Å². The van der Waals surface area contributed by atoms with Crippen LogP contribution in [0.5, 0.6) is 0 Å². The first-order valence-corrected chi connectivity index (χ1v) is 8.10. The van der Waals surface area contributed by atoms with E-state index in [-0.39, 0.29) is 13.2 Å². The van der Waals surface area contributed by atoms with Crippen LogP contribution in [-0.4, -0.2) is 76.1 Å². The smallest absolute Gasteiger partial charge is 0.186 e. The van der Waals surface area contributed by atoms with Gasteiger partial charge < -0.3 is 35.0 Å². The van der Waals surface area contributed by atoms with E-state index in [1.165, 1.54) is 0 Å². The second-order valence-electron chi connectivity index (χ2n) is 5.29. The van der Waals surface area contributed by atoms with Crippen molar-refractivity contribution in [2.75, 3.05) is 19.8 Å². The van der Waals surface area contributed by atoms with Crippen LogP contribution in [0.15, 0.2) is 0 Å². The Kier molecular flexibility index (Phi) is 11.2. The first kappa shape index (κ1) is 22.0. The van der Waals surface area contributed by atoms with Gasteiger partial charge in [-0.05, 0) is 48.4 Å². The van der Waals surface area contributed by atoms with E-state index in [9.17, 15) is 15.3 Å². The largest absolute Gasteiger partial charge is 0.394 e. The lowest BCUT2D eigenvalue weighted by atomic mass is 9.99. The number of hydrogen-bond donors (Lipinski definition) is 5.